The number of halogens is 1. The van der Waals surface area contributed by atoms with Crippen molar-refractivity contribution in [1.82, 2.24) is 10.2 Å². The fourth-order valence-corrected chi connectivity index (χ4v) is 2.60. The second-order valence-corrected chi connectivity index (χ2v) is 5.40. The third-order valence-electron chi connectivity index (χ3n) is 3.91. The number of hydrogen-bond donors (Lipinski definition) is 1. The number of amides is 1. The molecule has 1 heterocycles. The Kier molecular flexibility index (Phi) is 5.44. The largest absolute Gasteiger partial charge is 0.341 e. The molecule has 0 bridgehead atoms. The van der Waals surface area contributed by atoms with Crippen molar-refractivity contribution >= 4 is 11.7 Å². The number of hydrogen-bond acceptors (Lipinski definition) is 3. The lowest BCUT2D eigenvalue weighted by atomic mass is 10.0. The first kappa shape index (κ1) is 15.6. The summed E-state index contributed by atoms with van der Waals surface area (Å²) in [6.45, 7) is 1.47. The van der Waals surface area contributed by atoms with Gasteiger partial charge in [-0.2, -0.15) is 0 Å². The van der Waals surface area contributed by atoms with E-state index < -0.39 is 0 Å². The Morgan fingerprint density at radius 2 is 2.00 bits per heavy atom. The molecule has 1 atom stereocenters. The Hall–Kier alpha value is -1.75. The lowest BCUT2D eigenvalue weighted by molar-refractivity contribution is -0.132. The fraction of sp³-hybridized carbons (Fsp3) is 0.500. The van der Waals surface area contributed by atoms with Crippen molar-refractivity contribution in [2.45, 2.75) is 31.7 Å². The van der Waals surface area contributed by atoms with Gasteiger partial charge in [0, 0.05) is 37.5 Å². The summed E-state index contributed by atoms with van der Waals surface area (Å²) >= 11 is 0. The van der Waals surface area contributed by atoms with E-state index in [1.54, 1.807) is 0 Å². The molecule has 1 unspecified atom stereocenters. The average Bonchev–Trinajstić information content (AvgIpc) is 2.53. The van der Waals surface area contributed by atoms with Gasteiger partial charge in [0.15, 0.2) is 5.78 Å². The van der Waals surface area contributed by atoms with Crippen LogP contribution >= 0.6 is 0 Å². The summed E-state index contributed by atoms with van der Waals surface area (Å²) in [5, 5.41) is 3.19. The Morgan fingerprint density at radius 3 is 2.67 bits per heavy atom. The van der Waals surface area contributed by atoms with E-state index in [4.69, 9.17) is 0 Å². The smallest absolute Gasteiger partial charge is 0.223 e. The van der Waals surface area contributed by atoms with Gasteiger partial charge >= 0.3 is 0 Å². The zero-order valence-corrected chi connectivity index (χ0v) is 12.3. The highest BCUT2D eigenvalue weighted by atomic mass is 19.1. The normalized spacial score (nSPS) is 18.6. The monoisotopic (exact) mass is 292 g/mol. The number of Topliss-reactive ketones (excluding diaryl/α,β-unsaturated/α-hetero) is 1. The van der Waals surface area contributed by atoms with Crippen LogP contribution in [-0.4, -0.2) is 42.8 Å². The van der Waals surface area contributed by atoms with E-state index in [0.29, 0.717) is 18.2 Å². The van der Waals surface area contributed by atoms with Crippen molar-refractivity contribution in [2.24, 2.45) is 0 Å². The van der Waals surface area contributed by atoms with Gasteiger partial charge in [-0.15, -0.1) is 0 Å². The number of rotatable bonds is 5. The molecule has 1 aliphatic rings. The lowest BCUT2D eigenvalue weighted by Crippen LogP contribution is -2.47. The predicted octanol–water partition coefficient (Wildman–Crippen LogP) is 2.00. The van der Waals surface area contributed by atoms with Crippen molar-refractivity contribution in [3.05, 3.63) is 35.6 Å². The summed E-state index contributed by atoms with van der Waals surface area (Å²) in [6, 6.07) is 5.78. The van der Waals surface area contributed by atoms with Crippen LogP contribution in [0.15, 0.2) is 24.3 Å². The van der Waals surface area contributed by atoms with E-state index in [2.05, 4.69) is 5.32 Å². The summed E-state index contributed by atoms with van der Waals surface area (Å²) in [5.74, 6) is -0.468. The van der Waals surface area contributed by atoms with Gasteiger partial charge in [0.1, 0.15) is 5.82 Å². The number of carbonyl (C=O) groups excluding carboxylic acids is 2. The fourth-order valence-electron chi connectivity index (χ4n) is 2.60. The molecule has 21 heavy (non-hydrogen) atoms. The number of ketones is 1. The molecular formula is C16H21FN2O2. The van der Waals surface area contributed by atoms with Crippen LogP contribution in [0, 0.1) is 5.82 Å². The molecule has 2 rings (SSSR count). The van der Waals surface area contributed by atoms with Crippen LogP contribution in [-0.2, 0) is 4.79 Å². The minimum absolute atomic E-state index is 0.0189. The molecule has 0 radical (unpaired) electrons. The molecule has 1 aromatic rings. The van der Waals surface area contributed by atoms with E-state index >= 15 is 0 Å². The quantitative estimate of drug-likeness (QED) is 0.845. The second-order valence-electron chi connectivity index (χ2n) is 5.40. The Labute approximate surface area is 124 Å². The van der Waals surface area contributed by atoms with E-state index in [1.807, 2.05) is 11.9 Å². The molecule has 0 aromatic heterocycles. The maximum absolute atomic E-state index is 12.8. The summed E-state index contributed by atoms with van der Waals surface area (Å²) < 4.78 is 12.8. The van der Waals surface area contributed by atoms with Crippen LogP contribution in [0.4, 0.5) is 4.39 Å². The Bertz CT molecular complexity index is 502. The molecule has 1 aliphatic heterocycles. The number of benzene rings is 1. The number of likely N-dealkylation sites (N-methyl/N-ethyl adjacent to an activating group) is 1. The van der Waals surface area contributed by atoms with Crippen LogP contribution in [0.3, 0.4) is 0 Å². The van der Waals surface area contributed by atoms with Crippen molar-refractivity contribution in [2.75, 3.05) is 20.1 Å². The lowest BCUT2D eigenvalue weighted by Gasteiger charge is -2.32. The zero-order valence-electron chi connectivity index (χ0n) is 12.3. The van der Waals surface area contributed by atoms with E-state index in [9.17, 15) is 14.0 Å². The molecule has 1 N–H and O–H groups in total. The second kappa shape index (κ2) is 7.31. The summed E-state index contributed by atoms with van der Waals surface area (Å²) in [7, 11) is 1.90. The summed E-state index contributed by atoms with van der Waals surface area (Å²) in [4.78, 5) is 25.9. The average molecular weight is 292 g/mol. The maximum atomic E-state index is 12.8. The van der Waals surface area contributed by atoms with Crippen molar-refractivity contribution in [1.29, 1.82) is 0 Å². The summed E-state index contributed by atoms with van der Waals surface area (Å²) in [6.07, 6.45) is 2.45. The van der Waals surface area contributed by atoms with Gasteiger partial charge in [-0.1, -0.05) is 0 Å². The van der Waals surface area contributed by atoms with E-state index in [0.717, 1.165) is 19.4 Å². The molecule has 0 aliphatic carbocycles. The highest BCUT2D eigenvalue weighted by Crippen LogP contribution is 2.13. The van der Waals surface area contributed by atoms with Gasteiger partial charge in [0.25, 0.3) is 0 Å². The number of piperidine rings is 1. The van der Waals surface area contributed by atoms with Gasteiger partial charge in [0.05, 0.1) is 0 Å². The Balaban J connectivity index is 1.83. The van der Waals surface area contributed by atoms with Crippen molar-refractivity contribution in [3.8, 4) is 0 Å². The highest BCUT2D eigenvalue weighted by molar-refractivity contribution is 5.97. The zero-order chi connectivity index (χ0) is 15.2. The van der Waals surface area contributed by atoms with E-state index in [-0.39, 0.29) is 30.3 Å². The maximum Gasteiger partial charge on any atom is 0.223 e. The van der Waals surface area contributed by atoms with Crippen LogP contribution in [0.25, 0.3) is 0 Å². The predicted molar refractivity (Wildman–Crippen MR) is 78.6 cm³/mol. The molecule has 4 nitrogen and oxygen atoms in total. The van der Waals surface area contributed by atoms with E-state index in [1.165, 1.54) is 24.3 Å². The van der Waals surface area contributed by atoms with Crippen LogP contribution < -0.4 is 5.32 Å². The third-order valence-corrected chi connectivity index (χ3v) is 3.91. The molecule has 0 spiro atoms. The molecule has 1 fully saturated rings. The molecular weight excluding hydrogens is 271 g/mol. The van der Waals surface area contributed by atoms with Crippen LogP contribution in [0.2, 0.25) is 0 Å². The molecule has 1 amide bonds. The number of nitrogens with zero attached hydrogens (tertiary/aromatic N) is 1. The number of likely N-dealkylation sites (tertiary alicyclic amines) is 1. The SMILES string of the molecule is CNC1CCCN(C(=O)CCC(=O)c2ccc(F)cc2)C1. The minimum Gasteiger partial charge on any atom is -0.341 e. The highest BCUT2D eigenvalue weighted by Gasteiger charge is 2.22. The van der Waals surface area contributed by atoms with Crippen molar-refractivity contribution in [3.63, 3.8) is 0 Å². The first-order valence-corrected chi connectivity index (χ1v) is 7.34. The molecule has 0 saturated carbocycles. The number of carbonyl (C=O) groups is 2. The van der Waals surface area contributed by atoms with Crippen LogP contribution in [0.1, 0.15) is 36.0 Å². The first-order valence-electron chi connectivity index (χ1n) is 7.34. The van der Waals surface area contributed by atoms with Gasteiger partial charge < -0.3 is 10.2 Å². The Morgan fingerprint density at radius 1 is 1.29 bits per heavy atom. The molecule has 5 heteroatoms. The summed E-state index contributed by atoms with van der Waals surface area (Å²) in [5.41, 5.74) is 0.455. The standard InChI is InChI=1S/C16H21FN2O2/c1-18-14-3-2-10-19(11-14)16(21)9-8-15(20)12-4-6-13(17)7-5-12/h4-7,14,18H,2-3,8-11H2,1H3. The number of nitrogens with one attached hydrogen (secondary N) is 1. The minimum atomic E-state index is -0.367. The molecule has 114 valence electrons. The topological polar surface area (TPSA) is 49.4 Å². The molecule has 1 saturated heterocycles. The van der Waals surface area contributed by atoms with Gasteiger partial charge in [-0.3, -0.25) is 9.59 Å². The van der Waals surface area contributed by atoms with Gasteiger partial charge in [-0.25, -0.2) is 4.39 Å². The molecule has 1 aromatic carbocycles. The van der Waals surface area contributed by atoms with Gasteiger partial charge in [-0.05, 0) is 44.2 Å². The first-order chi connectivity index (χ1) is 10.1. The van der Waals surface area contributed by atoms with Gasteiger partial charge in [0.2, 0.25) is 5.91 Å². The third kappa shape index (κ3) is 4.36. The van der Waals surface area contributed by atoms with Crippen molar-refractivity contribution < 1.29 is 14.0 Å². The van der Waals surface area contributed by atoms with Crippen LogP contribution in [0.5, 0.6) is 0 Å².